The molecule has 0 amide bonds. The Balaban J connectivity index is -0.000000333. The molecule has 0 aliphatic heterocycles. The Hall–Kier alpha value is -0.701. The Bertz CT molecular complexity index is 314. The first-order chi connectivity index (χ1) is 4.61. The fourth-order valence-corrected chi connectivity index (χ4v) is 1.09. The van der Waals surface area contributed by atoms with Crippen LogP contribution in [0.2, 0.25) is 0 Å². The van der Waals surface area contributed by atoms with Crippen molar-refractivity contribution in [1.82, 2.24) is 0 Å². The largest absolute Gasteiger partial charge is 2.00 e. The van der Waals surface area contributed by atoms with Crippen molar-refractivity contribution in [1.29, 1.82) is 0 Å². The van der Waals surface area contributed by atoms with Gasteiger partial charge in [-0.25, -0.2) is 0 Å². The van der Waals surface area contributed by atoms with Crippen LogP contribution >= 0.6 is 0 Å². The summed E-state index contributed by atoms with van der Waals surface area (Å²) < 4.78 is 29.2. The van der Waals surface area contributed by atoms with Gasteiger partial charge in [-0.3, -0.25) is 4.55 Å². The molecule has 58 valence electrons. The smallest absolute Gasteiger partial charge is 1.00 e. The Morgan fingerprint density at radius 2 is 1.64 bits per heavy atom. The second-order valence-corrected chi connectivity index (χ2v) is 3.21. The maximum Gasteiger partial charge on any atom is 2.00 e. The summed E-state index contributed by atoms with van der Waals surface area (Å²) in [6.07, 6.45) is 0. The Morgan fingerprint density at radius 3 is 1.91 bits per heavy atom. The molecule has 0 aromatic heterocycles. The SMILES string of the molecule is O=S(=O)(O)c1ccccc1.[Be+2].[H-].[H-]. The summed E-state index contributed by atoms with van der Waals surface area (Å²) in [5, 5.41) is 0. The van der Waals surface area contributed by atoms with Crippen LogP contribution < -0.4 is 0 Å². The molecule has 0 unspecified atom stereocenters. The van der Waals surface area contributed by atoms with Crippen LogP contribution in [0.3, 0.4) is 0 Å². The van der Waals surface area contributed by atoms with Crippen LogP contribution in [-0.2, 0) is 10.1 Å². The van der Waals surface area contributed by atoms with Gasteiger partial charge in [0.2, 0.25) is 0 Å². The fourth-order valence-electron chi connectivity index (χ4n) is 0.592. The van der Waals surface area contributed by atoms with Crippen LogP contribution in [0.25, 0.3) is 0 Å². The van der Waals surface area contributed by atoms with E-state index in [1.807, 2.05) is 0 Å². The van der Waals surface area contributed by atoms with E-state index in [4.69, 9.17) is 4.55 Å². The molecule has 0 atom stereocenters. The Morgan fingerprint density at radius 1 is 1.18 bits per heavy atom. The third-order valence-electron chi connectivity index (χ3n) is 1.04. The summed E-state index contributed by atoms with van der Waals surface area (Å²) in [5.74, 6) is 0. The van der Waals surface area contributed by atoms with Gasteiger partial charge >= 0.3 is 10.1 Å². The molecule has 0 radical (unpaired) electrons. The van der Waals surface area contributed by atoms with Gasteiger partial charge in [0, 0.05) is 0 Å². The van der Waals surface area contributed by atoms with Crippen LogP contribution in [0.4, 0.5) is 0 Å². The van der Waals surface area contributed by atoms with Crippen LogP contribution in [0.1, 0.15) is 2.85 Å². The van der Waals surface area contributed by atoms with Gasteiger partial charge in [-0.05, 0) is 12.1 Å². The summed E-state index contributed by atoms with van der Waals surface area (Å²) in [7, 11) is -4.00. The average Bonchev–Trinajstić information content (AvgIpc) is 1.88. The molecule has 5 heteroatoms. The van der Waals surface area contributed by atoms with Crippen molar-refractivity contribution < 1.29 is 15.8 Å². The van der Waals surface area contributed by atoms with E-state index in [2.05, 4.69) is 0 Å². The molecule has 0 fully saturated rings. The third-order valence-corrected chi connectivity index (χ3v) is 1.91. The van der Waals surface area contributed by atoms with E-state index in [0.717, 1.165) is 0 Å². The second-order valence-electron chi connectivity index (χ2n) is 1.79. The van der Waals surface area contributed by atoms with Gasteiger partial charge in [-0.2, -0.15) is 8.42 Å². The van der Waals surface area contributed by atoms with Crippen molar-refractivity contribution in [3.05, 3.63) is 30.3 Å². The van der Waals surface area contributed by atoms with Crippen molar-refractivity contribution in [3.8, 4) is 0 Å². The molecule has 0 bridgehead atoms. The van der Waals surface area contributed by atoms with Crippen LogP contribution in [0, 0.1) is 0 Å². The summed E-state index contributed by atoms with van der Waals surface area (Å²) in [5.41, 5.74) is 0. The van der Waals surface area contributed by atoms with E-state index in [9.17, 15) is 8.42 Å². The normalized spacial score (nSPS) is 10.3. The van der Waals surface area contributed by atoms with Gasteiger partial charge in [0.1, 0.15) is 0 Å². The second kappa shape index (κ2) is 3.62. The maximum atomic E-state index is 10.4. The van der Waals surface area contributed by atoms with Gasteiger partial charge in [-0.15, -0.1) is 0 Å². The van der Waals surface area contributed by atoms with E-state index in [1.165, 1.54) is 12.1 Å². The zero-order valence-corrected chi connectivity index (χ0v) is 6.58. The molecular formula is C6H8BeO3S. The van der Waals surface area contributed by atoms with Crippen molar-refractivity contribution in [2.75, 3.05) is 0 Å². The minimum atomic E-state index is -4.00. The van der Waals surface area contributed by atoms with Gasteiger partial charge in [0.25, 0.3) is 10.1 Å². The first kappa shape index (κ1) is 10.3. The molecule has 0 saturated carbocycles. The number of hydrogen-bond donors (Lipinski definition) is 1. The minimum Gasteiger partial charge on any atom is -1.00 e. The standard InChI is InChI=1S/C6H6O3S.Be.2H/c7-10(8,9)6-4-2-1-3-5-6;;;/h1-5H,(H,7,8,9);;;/q;+2;2*-1. The van der Waals surface area contributed by atoms with Crippen molar-refractivity contribution in [3.63, 3.8) is 0 Å². The van der Waals surface area contributed by atoms with Gasteiger partial charge in [-0.1, -0.05) is 18.2 Å². The first-order valence-corrected chi connectivity index (χ1v) is 4.07. The molecular weight excluding hydrogens is 161 g/mol. The number of hydrogen-bond acceptors (Lipinski definition) is 2. The molecule has 1 rings (SSSR count). The van der Waals surface area contributed by atoms with Gasteiger partial charge in [0.15, 0.2) is 0 Å². The topological polar surface area (TPSA) is 54.4 Å². The van der Waals surface area contributed by atoms with Crippen LogP contribution in [0.15, 0.2) is 35.2 Å². The number of rotatable bonds is 1. The molecule has 0 heterocycles. The van der Waals surface area contributed by atoms with E-state index < -0.39 is 10.1 Å². The maximum absolute atomic E-state index is 10.4. The zero-order valence-electron chi connectivity index (χ0n) is 7.77. The molecule has 1 N–H and O–H groups in total. The molecule has 0 saturated heterocycles. The van der Waals surface area contributed by atoms with Crippen LogP contribution in [-0.4, -0.2) is 23.1 Å². The van der Waals surface area contributed by atoms with E-state index in [0.29, 0.717) is 0 Å². The predicted octanol–water partition coefficient (Wildman–Crippen LogP) is 0.778. The molecule has 11 heavy (non-hydrogen) atoms. The van der Waals surface area contributed by atoms with Crippen LogP contribution in [0.5, 0.6) is 0 Å². The molecule has 1 aromatic rings. The fraction of sp³-hybridized carbons (Fsp3) is 0. The Labute approximate surface area is 72.0 Å². The van der Waals surface area contributed by atoms with Crippen molar-refractivity contribution >= 4 is 20.2 Å². The third kappa shape index (κ3) is 2.80. The van der Waals surface area contributed by atoms with Gasteiger partial charge in [0.05, 0.1) is 4.90 Å². The molecule has 0 aliphatic carbocycles. The quantitative estimate of drug-likeness (QED) is 0.499. The van der Waals surface area contributed by atoms with Crippen molar-refractivity contribution in [2.45, 2.75) is 4.90 Å². The number of benzene rings is 1. The minimum absolute atomic E-state index is 0. The summed E-state index contributed by atoms with van der Waals surface area (Å²) in [6.45, 7) is 0. The zero-order chi connectivity index (χ0) is 7.61. The molecule has 1 aromatic carbocycles. The Kier molecular flexibility index (Phi) is 3.39. The predicted molar refractivity (Wildman–Crippen MR) is 44.2 cm³/mol. The average molecular weight is 169 g/mol. The monoisotopic (exact) mass is 169 g/mol. The summed E-state index contributed by atoms with van der Waals surface area (Å²) in [6, 6.07) is 7.42. The first-order valence-electron chi connectivity index (χ1n) is 2.63. The molecule has 0 spiro atoms. The van der Waals surface area contributed by atoms with E-state index in [-0.39, 0.29) is 17.9 Å². The summed E-state index contributed by atoms with van der Waals surface area (Å²) in [4.78, 5) is -0.0741. The van der Waals surface area contributed by atoms with E-state index in [1.54, 1.807) is 18.2 Å². The van der Waals surface area contributed by atoms with E-state index >= 15 is 0 Å². The molecule has 0 aliphatic rings. The molecule has 3 nitrogen and oxygen atoms in total. The summed E-state index contributed by atoms with van der Waals surface area (Å²) >= 11 is 0. The van der Waals surface area contributed by atoms with Crippen molar-refractivity contribution in [2.24, 2.45) is 0 Å². The van der Waals surface area contributed by atoms with Gasteiger partial charge < -0.3 is 2.85 Å².